The first-order chi connectivity index (χ1) is 7.41. The third-order valence-corrected chi connectivity index (χ3v) is 4.39. The van der Waals surface area contributed by atoms with Crippen LogP contribution in [0.3, 0.4) is 0 Å². The molecule has 2 rings (SSSR count). The summed E-state index contributed by atoms with van der Waals surface area (Å²) in [7, 11) is 0. The van der Waals surface area contributed by atoms with Crippen LogP contribution in [0.15, 0.2) is 0 Å². The molecule has 92 valence electrons. The van der Waals surface area contributed by atoms with Gasteiger partial charge in [0, 0.05) is 23.4 Å². The van der Waals surface area contributed by atoms with Gasteiger partial charge in [-0.15, -0.1) is 0 Å². The van der Waals surface area contributed by atoms with Gasteiger partial charge in [-0.1, -0.05) is 27.2 Å². The molecule has 1 aliphatic carbocycles. The second-order valence-corrected chi connectivity index (χ2v) is 6.47. The first-order valence-corrected chi connectivity index (χ1v) is 6.42. The third-order valence-electron chi connectivity index (χ3n) is 4.39. The van der Waals surface area contributed by atoms with Gasteiger partial charge in [-0.05, 0) is 25.8 Å². The molecule has 0 spiro atoms. The van der Waals surface area contributed by atoms with Crippen molar-refractivity contribution in [2.45, 2.75) is 52.5 Å². The SMILES string of the molecule is CC(C)(C)C(=O)N1CC[C@@]2(CN)CCC[C@@H]12. The summed E-state index contributed by atoms with van der Waals surface area (Å²) in [6.45, 7) is 7.68. The third kappa shape index (κ3) is 1.65. The maximum Gasteiger partial charge on any atom is 0.228 e. The van der Waals surface area contributed by atoms with Gasteiger partial charge in [-0.25, -0.2) is 0 Å². The molecular weight excluding hydrogens is 200 g/mol. The first-order valence-electron chi connectivity index (χ1n) is 6.42. The highest BCUT2D eigenvalue weighted by atomic mass is 16.2. The summed E-state index contributed by atoms with van der Waals surface area (Å²) in [5.74, 6) is 0.301. The Kier molecular flexibility index (Phi) is 2.77. The number of nitrogens with zero attached hydrogens (tertiary/aromatic N) is 1. The Morgan fingerprint density at radius 3 is 2.69 bits per heavy atom. The highest BCUT2D eigenvalue weighted by Gasteiger charge is 2.51. The van der Waals surface area contributed by atoms with Crippen LogP contribution in [0.1, 0.15) is 46.5 Å². The molecule has 2 N–H and O–H groups in total. The number of hydrogen-bond acceptors (Lipinski definition) is 2. The van der Waals surface area contributed by atoms with Crippen molar-refractivity contribution in [2.75, 3.05) is 13.1 Å². The van der Waals surface area contributed by atoms with Crippen molar-refractivity contribution in [3.63, 3.8) is 0 Å². The Morgan fingerprint density at radius 2 is 2.12 bits per heavy atom. The predicted octanol–water partition coefficient (Wildman–Crippen LogP) is 1.76. The molecule has 3 heteroatoms. The largest absolute Gasteiger partial charge is 0.339 e. The summed E-state index contributed by atoms with van der Waals surface area (Å²) < 4.78 is 0. The molecule has 1 heterocycles. The number of carbonyl (C=O) groups excluding carboxylic acids is 1. The maximum absolute atomic E-state index is 12.4. The minimum Gasteiger partial charge on any atom is -0.339 e. The number of amides is 1. The second-order valence-electron chi connectivity index (χ2n) is 6.47. The Morgan fingerprint density at radius 1 is 1.44 bits per heavy atom. The van der Waals surface area contributed by atoms with E-state index in [0.29, 0.717) is 11.9 Å². The number of rotatable bonds is 1. The molecular formula is C13H24N2O. The summed E-state index contributed by atoms with van der Waals surface area (Å²) in [6, 6.07) is 0.421. The standard InChI is InChI=1S/C13H24N2O/c1-12(2,3)11(16)15-8-7-13(9-14)6-4-5-10(13)15/h10H,4-9,14H2,1-3H3/t10-,13-/m1/s1. The molecule has 0 bridgehead atoms. The lowest BCUT2D eigenvalue weighted by atomic mass is 9.82. The van der Waals surface area contributed by atoms with Crippen LogP contribution in [0.4, 0.5) is 0 Å². The fourth-order valence-electron chi connectivity index (χ4n) is 3.41. The molecule has 0 aromatic carbocycles. The van der Waals surface area contributed by atoms with Crippen molar-refractivity contribution in [2.24, 2.45) is 16.6 Å². The van der Waals surface area contributed by atoms with Gasteiger partial charge in [0.15, 0.2) is 0 Å². The van der Waals surface area contributed by atoms with Gasteiger partial charge >= 0.3 is 0 Å². The monoisotopic (exact) mass is 224 g/mol. The quantitative estimate of drug-likeness (QED) is 0.737. The predicted molar refractivity (Wildman–Crippen MR) is 64.9 cm³/mol. The van der Waals surface area contributed by atoms with E-state index in [1.807, 2.05) is 20.8 Å². The molecule has 2 fully saturated rings. The van der Waals surface area contributed by atoms with Gasteiger partial charge in [0.25, 0.3) is 0 Å². The molecule has 1 saturated heterocycles. The van der Waals surface area contributed by atoms with Crippen LogP contribution in [-0.4, -0.2) is 29.9 Å². The van der Waals surface area contributed by atoms with Crippen molar-refractivity contribution in [1.29, 1.82) is 0 Å². The maximum atomic E-state index is 12.4. The smallest absolute Gasteiger partial charge is 0.228 e. The van der Waals surface area contributed by atoms with Crippen LogP contribution < -0.4 is 5.73 Å². The fourth-order valence-corrected chi connectivity index (χ4v) is 3.41. The summed E-state index contributed by atoms with van der Waals surface area (Å²) in [5, 5.41) is 0. The Balaban J connectivity index is 2.18. The Hall–Kier alpha value is -0.570. The molecule has 1 amide bonds. The van der Waals surface area contributed by atoms with E-state index < -0.39 is 0 Å². The zero-order valence-electron chi connectivity index (χ0n) is 10.8. The van der Waals surface area contributed by atoms with Crippen molar-refractivity contribution in [3.05, 3.63) is 0 Å². The summed E-state index contributed by atoms with van der Waals surface area (Å²) >= 11 is 0. The minimum absolute atomic E-state index is 0.251. The summed E-state index contributed by atoms with van der Waals surface area (Å²) in [4.78, 5) is 14.5. The average molecular weight is 224 g/mol. The molecule has 0 aromatic heterocycles. The van der Waals surface area contributed by atoms with Gasteiger partial charge in [0.05, 0.1) is 0 Å². The van der Waals surface area contributed by atoms with Crippen LogP contribution in [0.2, 0.25) is 0 Å². The van der Waals surface area contributed by atoms with E-state index in [0.717, 1.165) is 25.9 Å². The highest BCUT2D eigenvalue weighted by molar-refractivity contribution is 5.82. The molecule has 2 aliphatic rings. The Bertz CT molecular complexity index is 295. The van der Waals surface area contributed by atoms with E-state index in [4.69, 9.17) is 5.73 Å². The van der Waals surface area contributed by atoms with Crippen molar-refractivity contribution < 1.29 is 4.79 Å². The molecule has 0 aromatic rings. The zero-order valence-corrected chi connectivity index (χ0v) is 10.8. The minimum atomic E-state index is -0.257. The zero-order chi connectivity index (χ0) is 12.0. The number of fused-ring (bicyclic) bond motifs is 1. The van der Waals surface area contributed by atoms with Crippen LogP contribution >= 0.6 is 0 Å². The van der Waals surface area contributed by atoms with Gasteiger partial charge in [0.1, 0.15) is 0 Å². The van der Waals surface area contributed by atoms with E-state index in [1.165, 1.54) is 12.8 Å². The molecule has 2 atom stereocenters. The average Bonchev–Trinajstić information content (AvgIpc) is 2.72. The van der Waals surface area contributed by atoms with Gasteiger partial charge in [-0.2, -0.15) is 0 Å². The molecule has 1 aliphatic heterocycles. The highest BCUT2D eigenvalue weighted by Crippen LogP contribution is 2.48. The molecule has 0 radical (unpaired) electrons. The normalized spacial score (nSPS) is 34.2. The summed E-state index contributed by atoms with van der Waals surface area (Å²) in [6.07, 6.45) is 4.70. The van der Waals surface area contributed by atoms with E-state index in [-0.39, 0.29) is 10.8 Å². The lowest BCUT2D eigenvalue weighted by Gasteiger charge is -2.34. The van der Waals surface area contributed by atoms with Crippen molar-refractivity contribution >= 4 is 5.91 Å². The lowest BCUT2D eigenvalue weighted by molar-refractivity contribution is -0.141. The Labute approximate surface area is 98.4 Å². The van der Waals surface area contributed by atoms with Crippen LogP contribution in [-0.2, 0) is 4.79 Å². The number of carbonyl (C=O) groups is 1. The first kappa shape index (κ1) is 11.9. The van der Waals surface area contributed by atoms with E-state index in [9.17, 15) is 4.79 Å². The topological polar surface area (TPSA) is 46.3 Å². The van der Waals surface area contributed by atoms with E-state index >= 15 is 0 Å². The summed E-state index contributed by atoms with van der Waals surface area (Å²) in [5.41, 5.74) is 5.94. The van der Waals surface area contributed by atoms with Crippen LogP contribution in [0, 0.1) is 10.8 Å². The van der Waals surface area contributed by atoms with Crippen LogP contribution in [0.5, 0.6) is 0 Å². The molecule has 3 nitrogen and oxygen atoms in total. The number of likely N-dealkylation sites (tertiary alicyclic amines) is 1. The van der Waals surface area contributed by atoms with E-state index in [2.05, 4.69) is 4.90 Å². The molecule has 16 heavy (non-hydrogen) atoms. The van der Waals surface area contributed by atoms with Crippen LogP contribution in [0.25, 0.3) is 0 Å². The van der Waals surface area contributed by atoms with Crippen molar-refractivity contribution in [3.8, 4) is 0 Å². The lowest BCUT2D eigenvalue weighted by Crippen LogP contribution is -2.46. The fraction of sp³-hybridized carbons (Fsp3) is 0.923. The van der Waals surface area contributed by atoms with Gasteiger partial charge in [0.2, 0.25) is 5.91 Å². The molecule has 0 unspecified atom stereocenters. The number of hydrogen-bond donors (Lipinski definition) is 1. The van der Waals surface area contributed by atoms with E-state index in [1.54, 1.807) is 0 Å². The van der Waals surface area contributed by atoms with Crippen molar-refractivity contribution in [1.82, 2.24) is 4.90 Å². The van der Waals surface area contributed by atoms with Gasteiger partial charge in [-0.3, -0.25) is 4.79 Å². The second kappa shape index (κ2) is 3.73. The van der Waals surface area contributed by atoms with Gasteiger partial charge < -0.3 is 10.6 Å². The number of nitrogens with two attached hydrogens (primary N) is 1. The molecule has 1 saturated carbocycles.